The van der Waals surface area contributed by atoms with Crippen LogP contribution in [0.15, 0.2) is 59.7 Å². The number of benzene rings is 2. The van der Waals surface area contributed by atoms with Crippen molar-refractivity contribution in [3.8, 4) is 0 Å². The van der Waals surface area contributed by atoms with Crippen molar-refractivity contribution in [2.24, 2.45) is 10.7 Å². The number of hydrogen-bond donors (Lipinski definition) is 2. The van der Waals surface area contributed by atoms with Crippen molar-refractivity contribution < 1.29 is 0 Å². The highest BCUT2D eigenvalue weighted by Gasteiger charge is 2.13. The monoisotopic (exact) mass is 458 g/mol. The Bertz CT molecular complexity index is 931. The molecular weight excluding hydrogens is 435 g/mol. The number of aromatic nitrogens is 1. The maximum Gasteiger partial charge on any atom is 0.193 e. The molecule has 3 aromatic rings. The molecule has 0 aliphatic heterocycles. The topological polar surface area (TPSA) is 63.3 Å². The molecule has 3 N–H and O–H groups in total. The molecule has 0 bridgehead atoms. The summed E-state index contributed by atoms with van der Waals surface area (Å²) in [5, 5.41) is 4.42. The first-order valence-corrected chi connectivity index (χ1v) is 8.81. The van der Waals surface area contributed by atoms with Gasteiger partial charge in [0, 0.05) is 17.3 Å². The van der Waals surface area contributed by atoms with E-state index in [2.05, 4.69) is 51.7 Å². The van der Waals surface area contributed by atoms with E-state index < -0.39 is 0 Å². The molecule has 4 rings (SSSR count). The predicted molar refractivity (Wildman–Crippen MR) is 119 cm³/mol. The fourth-order valence-electron chi connectivity index (χ4n) is 3.54. The second kappa shape index (κ2) is 8.49. The highest BCUT2D eigenvalue weighted by atomic mass is 127. The largest absolute Gasteiger partial charge is 0.370 e. The molecule has 1 aliphatic carbocycles. The molecule has 0 atom stereocenters. The number of guanidine groups is 1. The van der Waals surface area contributed by atoms with Crippen molar-refractivity contribution in [2.75, 3.05) is 5.32 Å². The van der Waals surface area contributed by atoms with Gasteiger partial charge < -0.3 is 11.1 Å². The summed E-state index contributed by atoms with van der Waals surface area (Å²) in [5.41, 5.74) is 12.1. The van der Waals surface area contributed by atoms with Crippen LogP contribution in [0.1, 0.15) is 29.5 Å². The van der Waals surface area contributed by atoms with E-state index in [0.717, 1.165) is 35.0 Å². The third kappa shape index (κ3) is 3.98. The van der Waals surface area contributed by atoms with E-state index in [1.165, 1.54) is 24.0 Å². The van der Waals surface area contributed by atoms with Crippen molar-refractivity contribution in [3.63, 3.8) is 0 Å². The molecule has 26 heavy (non-hydrogen) atoms. The minimum absolute atomic E-state index is 0. The Morgan fingerprint density at radius 1 is 1.04 bits per heavy atom. The second-order valence-corrected chi connectivity index (χ2v) is 6.47. The van der Waals surface area contributed by atoms with Crippen LogP contribution in [0, 0.1) is 0 Å². The number of para-hydroxylation sites is 1. The first-order valence-electron chi connectivity index (χ1n) is 8.81. The van der Waals surface area contributed by atoms with E-state index in [9.17, 15) is 0 Å². The molecule has 1 heterocycles. The Morgan fingerprint density at radius 3 is 2.77 bits per heavy atom. The number of nitrogens with two attached hydrogens (primary N) is 1. The van der Waals surface area contributed by atoms with Crippen molar-refractivity contribution in [1.29, 1.82) is 0 Å². The van der Waals surface area contributed by atoms with E-state index in [4.69, 9.17) is 5.73 Å². The zero-order valence-electron chi connectivity index (χ0n) is 14.6. The molecule has 0 fully saturated rings. The molecule has 1 aliphatic rings. The summed E-state index contributed by atoms with van der Waals surface area (Å²) in [6, 6.07) is 16.6. The summed E-state index contributed by atoms with van der Waals surface area (Å²) >= 11 is 0. The highest BCUT2D eigenvalue weighted by Crippen LogP contribution is 2.27. The van der Waals surface area contributed by atoms with Crippen LogP contribution in [0.4, 0.5) is 5.69 Å². The summed E-state index contributed by atoms with van der Waals surface area (Å²) < 4.78 is 0. The third-order valence-electron chi connectivity index (χ3n) is 4.79. The van der Waals surface area contributed by atoms with Crippen LogP contribution in [-0.4, -0.2) is 10.9 Å². The smallest absolute Gasteiger partial charge is 0.193 e. The van der Waals surface area contributed by atoms with E-state index in [-0.39, 0.29) is 24.0 Å². The van der Waals surface area contributed by atoms with Crippen molar-refractivity contribution >= 4 is 46.5 Å². The van der Waals surface area contributed by atoms with Gasteiger partial charge in [0.2, 0.25) is 0 Å². The van der Waals surface area contributed by atoms with Crippen molar-refractivity contribution in [2.45, 2.75) is 32.2 Å². The first kappa shape index (κ1) is 18.6. The zero-order chi connectivity index (χ0) is 17.1. The van der Waals surface area contributed by atoms with Crippen molar-refractivity contribution in [1.82, 2.24) is 4.98 Å². The lowest BCUT2D eigenvalue weighted by atomic mass is 9.90. The average molecular weight is 458 g/mol. The molecule has 0 saturated heterocycles. The fourth-order valence-corrected chi connectivity index (χ4v) is 3.54. The number of nitrogens with one attached hydrogen (secondary N) is 1. The van der Waals surface area contributed by atoms with Gasteiger partial charge in [-0.1, -0.05) is 36.4 Å². The van der Waals surface area contributed by atoms with E-state index in [1.807, 2.05) is 18.3 Å². The van der Waals surface area contributed by atoms with E-state index >= 15 is 0 Å². The Balaban J connectivity index is 0.00000196. The number of anilines is 1. The third-order valence-corrected chi connectivity index (χ3v) is 4.79. The van der Waals surface area contributed by atoms with Crippen LogP contribution in [0.3, 0.4) is 0 Å². The summed E-state index contributed by atoms with van der Waals surface area (Å²) in [4.78, 5) is 9.00. The number of nitrogens with zero attached hydrogens (tertiary/aromatic N) is 2. The van der Waals surface area contributed by atoms with Crippen LogP contribution in [0.5, 0.6) is 0 Å². The van der Waals surface area contributed by atoms with Gasteiger partial charge in [0.15, 0.2) is 5.96 Å². The van der Waals surface area contributed by atoms with Gasteiger partial charge in [0.1, 0.15) is 0 Å². The number of hydrogen-bond acceptors (Lipinski definition) is 2. The number of aliphatic imine (C=N–C) groups is 1. The zero-order valence-corrected chi connectivity index (χ0v) is 16.9. The second-order valence-electron chi connectivity index (χ2n) is 6.47. The molecule has 0 radical (unpaired) electrons. The lowest BCUT2D eigenvalue weighted by Crippen LogP contribution is -2.24. The molecule has 2 aromatic carbocycles. The van der Waals surface area contributed by atoms with E-state index in [1.54, 1.807) is 0 Å². The molecule has 0 amide bonds. The summed E-state index contributed by atoms with van der Waals surface area (Å²) in [5.74, 6) is 0.451. The Labute approximate surface area is 171 Å². The number of pyridine rings is 1. The van der Waals surface area contributed by atoms with Gasteiger partial charge in [0.05, 0.1) is 12.1 Å². The Morgan fingerprint density at radius 2 is 1.85 bits per heavy atom. The Kier molecular flexibility index (Phi) is 6.08. The van der Waals surface area contributed by atoms with Crippen LogP contribution in [0.2, 0.25) is 0 Å². The SMILES string of the molecule is I.NC(=NCc1cccc2cccnc12)Nc1cccc2c1CCCC2. The molecular formula is C21H23IN4. The number of aryl methyl sites for hydroxylation is 1. The lowest BCUT2D eigenvalue weighted by Gasteiger charge is -2.19. The lowest BCUT2D eigenvalue weighted by molar-refractivity contribution is 0.687. The van der Waals surface area contributed by atoms with Crippen molar-refractivity contribution in [3.05, 3.63) is 71.4 Å². The van der Waals surface area contributed by atoms with Gasteiger partial charge in [0.25, 0.3) is 0 Å². The normalized spacial score (nSPS) is 13.8. The highest BCUT2D eigenvalue weighted by molar-refractivity contribution is 14.0. The van der Waals surface area contributed by atoms with Crippen LogP contribution in [-0.2, 0) is 19.4 Å². The maximum atomic E-state index is 6.15. The first-order chi connectivity index (χ1) is 12.3. The molecule has 0 spiro atoms. The van der Waals surface area contributed by atoms with Gasteiger partial charge in [-0.2, -0.15) is 0 Å². The van der Waals surface area contributed by atoms with Gasteiger partial charge in [-0.3, -0.25) is 4.98 Å². The number of fused-ring (bicyclic) bond motifs is 2. The van der Waals surface area contributed by atoms with E-state index in [0.29, 0.717) is 12.5 Å². The minimum atomic E-state index is 0. The summed E-state index contributed by atoms with van der Waals surface area (Å²) in [6.45, 7) is 0.516. The number of rotatable bonds is 3. The molecule has 0 unspecified atom stereocenters. The average Bonchev–Trinajstić information content (AvgIpc) is 2.66. The molecule has 5 heteroatoms. The molecule has 4 nitrogen and oxygen atoms in total. The number of halogens is 1. The van der Waals surface area contributed by atoms with Crippen LogP contribution < -0.4 is 11.1 Å². The minimum Gasteiger partial charge on any atom is -0.370 e. The van der Waals surface area contributed by atoms with Crippen LogP contribution in [0.25, 0.3) is 10.9 Å². The van der Waals surface area contributed by atoms with Gasteiger partial charge in [-0.15, -0.1) is 24.0 Å². The van der Waals surface area contributed by atoms with Gasteiger partial charge in [-0.05, 0) is 54.5 Å². The molecule has 134 valence electrons. The van der Waals surface area contributed by atoms with Crippen LogP contribution >= 0.6 is 24.0 Å². The molecule has 0 saturated carbocycles. The fraction of sp³-hybridized carbons (Fsp3) is 0.238. The summed E-state index contributed by atoms with van der Waals surface area (Å²) in [6.07, 6.45) is 6.59. The maximum absolute atomic E-state index is 6.15. The summed E-state index contributed by atoms with van der Waals surface area (Å²) in [7, 11) is 0. The predicted octanol–water partition coefficient (Wildman–Crippen LogP) is 4.66. The quantitative estimate of drug-likeness (QED) is 0.341. The standard InChI is InChI=1S/C21H22N4.HI/c22-21(25-19-12-4-7-15-6-1-2-11-18(15)19)24-14-17-9-3-8-16-10-5-13-23-20(16)17;/h3-5,7-10,12-13H,1-2,6,11,14H2,(H3,22,24,25);1H. The van der Waals surface area contributed by atoms with Gasteiger partial charge >= 0.3 is 0 Å². The Hall–Kier alpha value is -2.15. The molecule has 1 aromatic heterocycles. The van der Waals surface area contributed by atoms with Gasteiger partial charge in [-0.25, -0.2) is 4.99 Å².